The van der Waals surface area contributed by atoms with Crippen LogP contribution in [0.15, 0.2) is 30.5 Å². The molecule has 0 saturated heterocycles. The van der Waals surface area contributed by atoms with Gasteiger partial charge < -0.3 is 15.4 Å². The summed E-state index contributed by atoms with van der Waals surface area (Å²) in [7, 11) is 0. The quantitative estimate of drug-likeness (QED) is 0.434. The van der Waals surface area contributed by atoms with Gasteiger partial charge in [0, 0.05) is 12.6 Å². The Bertz CT molecular complexity index is 1210. The number of benzene rings is 1. The minimum atomic E-state index is -0.275. The second-order valence-electron chi connectivity index (χ2n) is 8.70. The Hall–Kier alpha value is -2.51. The number of hydrogen-bond donors (Lipinski definition) is 3. The number of nitrogens with one attached hydrogen (secondary N) is 2. The van der Waals surface area contributed by atoms with Gasteiger partial charge in [0.25, 0.3) is 0 Å². The number of H-pyrrole nitrogens is 1. The summed E-state index contributed by atoms with van der Waals surface area (Å²) in [6, 6.07) is 8.72. The highest BCUT2D eigenvalue weighted by Crippen LogP contribution is 2.40. The maximum Gasteiger partial charge on any atom is 0.184 e. The number of rotatable bonds is 5. The summed E-state index contributed by atoms with van der Waals surface area (Å²) in [6.45, 7) is 0. The fourth-order valence-corrected chi connectivity index (χ4v) is 5.45. The molecular formula is C23H25N5OS. The minimum absolute atomic E-state index is 0.113. The SMILES string of the molecule is OC1CCCCC1Nc1nc2ccc(Cc3nc4ncc(C5CC5)cc4[nH]3)cc2s1. The number of anilines is 1. The number of aromatic nitrogens is 4. The van der Waals surface area contributed by atoms with Gasteiger partial charge in [0.1, 0.15) is 5.82 Å². The first-order chi connectivity index (χ1) is 14.7. The van der Waals surface area contributed by atoms with Crippen LogP contribution in [0.4, 0.5) is 5.13 Å². The number of pyridine rings is 1. The monoisotopic (exact) mass is 419 g/mol. The van der Waals surface area contributed by atoms with Crippen LogP contribution in [0.2, 0.25) is 0 Å². The molecule has 3 N–H and O–H groups in total. The topological polar surface area (TPSA) is 86.7 Å². The van der Waals surface area contributed by atoms with Crippen LogP contribution in [0.25, 0.3) is 21.4 Å². The molecule has 3 aromatic heterocycles. The Morgan fingerprint density at radius 3 is 2.87 bits per heavy atom. The number of aliphatic hydroxyl groups excluding tert-OH is 1. The van der Waals surface area contributed by atoms with Crippen LogP contribution in [-0.2, 0) is 6.42 Å². The predicted molar refractivity (Wildman–Crippen MR) is 120 cm³/mol. The number of hydrogen-bond acceptors (Lipinski definition) is 6. The molecule has 2 atom stereocenters. The summed E-state index contributed by atoms with van der Waals surface area (Å²) in [4.78, 5) is 17.4. The van der Waals surface area contributed by atoms with Gasteiger partial charge in [-0.15, -0.1) is 0 Å². The van der Waals surface area contributed by atoms with Crippen molar-refractivity contribution >= 4 is 37.8 Å². The Morgan fingerprint density at radius 2 is 2.00 bits per heavy atom. The summed E-state index contributed by atoms with van der Waals surface area (Å²) in [5, 5.41) is 14.6. The molecule has 2 aliphatic carbocycles. The van der Waals surface area contributed by atoms with Crippen LogP contribution in [0, 0.1) is 0 Å². The number of fused-ring (bicyclic) bond motifs is 2. The molecule has 6 rings (SSSR count). The molecule has 30 heavy (non-hydrogen) atoms. The Balaban J connectivity index is 1.22. The largest absolute Gasteiger partial charge is 0.391 e. The van der Waals surface area contributed by atoms with E-state index in [1.807, 2.05) is 6.20 Å². The van der Waals surface area contributed by atoms with E-state index in [-0.39, 0.29) is 12.1 Å². The van der Waals surface area contributed by atoms with E-state index in [2.05, 4.69) is 44.5 Å². The van der Waals surface area contributed by atoms with E-state index in [9.17, 15) is 5.11 Å². The fraction of sp³-hybridized carbons (Fsp3) is 0.435. The van der Waals surface area contributed by atoms with Gasteiger partial charge in [0.05, 0.1) is 27.9 Å². The van der Waals surface area contributed by atoms with E-state index in [0.29, 0.717) is 5.92 Å². The lowest BCUT2D eigenvalue weighted by molar-refractivity contribution is 0.116. The van der Waals surface area contributed by atoms with Crippen molar-refractivity contribution in [3.05, 3.63) is 47.4 Å². The van der Waals surface area contributed by atoms with E-state index in [4.69, 9.17) is 4.98 Å². The molecule has 0 bridgehead atoms. The number of imidazole rings is 1. The van der Waals surface area contributed by atoms with Crippen LogP contribution >= 0.6 is 11.3 Å². The van der Waals surface area contributed by atoms with Gasteiger partial charge in [-0.25, -0.2) is 15.0 Å². The van der Waals surface area contributed by atoms with Crippen molar-refractivity contribution in [2.24, 2.45) is 0 Å². The van der Waals surface area contributed by atoms with Crippen LogP contribution in [0.1, 0.15) is 61.4 Å². The highest BCUT2D eigenvalue weighted by atomic mass is 32.1. The van der Waals surface area contributed by atoms with Crippen molar-refractivity contribution in [2.75, 3.05) is 5.32 Å². The van der Waals surface area contributed by atoms with Crippen LogP contribution in [0.3, 0.4) is 0 Å². The standard InChI is InChI=1S/C23H25N5OS/c29-19-4-2-1-3-16(19)26-23-27-17-8-5-13(9-20(17)30-23)10-21-25-18-11-15(14-6-7-14)12-24-22(18)28-21/h5,8-9,11-12,14,16,19,29H,1-4,6-7,10H2,(H,26,27)(H,24,25,28). The highest BCUT2D eigenvalue weighted by molar-refractivity contribution is 7.22. The van der Waals surface area contributed by atoms with Crippen molar-refractivity contribution in [1.82, 2.24) is 19.9 Å². The molecule has 2 fully saturated rings. The first-order valence-corrected chi connectivity index (χ1v) is 11.7. The van der Waals surface area contributed by atoms with Gasteiger partial charge in [0.15, 0.2) is 10.8 Å². The molecule has 0 aliphatic heterocycles. The second kappa shape index (κ2) is 7.32. The number of aromatic amines is 1. The normalized spacial score (nSPS) is 22.0. The average Bonchev–Trinajstić information content (AvgIpc) is 3.40. The summed E-state index contributed by atoms with van der Waals surface area (Å²) in [5.74, 6) is 1.64. The van der Waals surface area contributed by atoms with E-state index in [1.165, 1.54) is 24.0 Å². The summed E-state index contributed by atoms with van der Waals surface area (Å²) in [5.41, 5.74) is 5.36. The summed E-state index contributed by atoms with van der Waals surface area (Å²) >= 11 is 1.66. The van der Waals surface area contributed by atoms with E-state index in [1.54, 1.807) is 11.3 Å². The molecule has 2 saturated carbocycles. The van der Waals surface area contributed by atoms with Crippen molar-refractivity contribution in [1.29, 1.82) is 0 Å². The molecule has 7 heteroatoms. The zero-order chi connectivity index (χ0) is 20.1. The Labute approximate surface area is 178 Å². The van der Waals surface area contributed by atoms with Gasteiger partial charge in [-0.1, -0.05) is 30.2 Å². The Morgan fingerprint density at radius 1 is 1.10 bits per heavy atom. The first-order valence-electron chi connectivity index (χ1n) is 10.9. The maximum absolute atomic E-state index is 10.2. The van der Waals surface area contributed by atoms with Crippen LogP contribution in [0.5, 0.6) is 0 Å². The minimum Gasteiger partial charge on any atom is -0.391 e. The average molecular weight is 420 g/mol. The molecule has 154 valence electrons. The van der Waals surface area contributed by atoms with E-state index >= 15 is 0 Å². The molecule has 4 aromatic rings. The molecular weight excluding hydrogens is 394 g/mol. The molecule has 1 aromatic carbocycles. The zero-order valence-corrected chi connectivity index (χ0v) is 17.6. The van der Waals surface area contributed by atoms with Crippen molar-refractivity contribution in [3.63, 3.8) is 0 Å². The van der Waals surface area contributed by atoms with Gasteiger partial charge in [-0.3, -0.25) is 0 Å². The smallest absolute Gasteiger partial charge is 0.184 e. The molecule has 3 heterocycles. The van der Waals surface area contributed by atoms with Crippen molar-refractivity contribution < 1.29 is 5.11 Å². The summed E-state index contributed by atoms with van der Waals surface area (Å²) < 4.78 is 1.16. The van der Waals surface area contributed by atoms with Crippen LogP contribution in [-0.4, -0.2) is 37.2 Å². The van der Waals surface area contributed by atoms with E-state index < -0.39 is 0 Å². The van der Waals surface area contributed by atoms with Gasteiger partial charge >= 0.3 is 0 Å². The predicted octanol–water partition coefficient (Wildman–Crippen LogP) is 4.75. The molecule has 0 amide bonds. The zero-order valence-electron chi connectivity index (χ0n) is 16.8. The summed E-state index contributed by atoms with van der Waals surface area (Å²) in [6.07, 6.45) is 9.16. The third-order valence-electron chi connectivity index (χ3n) is 6.32. The third-order valence-corrected chi connectivity index (χ3v) is 7.27. The van der Waals surface area contributed by atoms with Gasteiger partial charge in [-0.2, -0.15) is 0 Å². The van der Waals surface area contributed by atoms with Gasteiger partial charge in [0.2, 0.25) is 0 Å². The maximum atomic E-state index is 10.2. The third kappa shape index (κ3) is 3.56. The van der Waals surface area contributed by atoms with Gasteiger partial charge in [-0.05, 0) is 60.9 Å². The number of thiazole rings is 1. The molecule has 2 unspecified atom stereocenters. The molecule has 6 nitrogen and oxygen atoms in total. The molecule has 0 spiro atoms. The first kappa shape index (κ1) is 18.3. The van der Waals surface area contributed by atoms with Crippen molar-refractivity contribution in [3.8, 4) is 0 Å². The number of aliphatic hydroxyl groups is 1. The fourth-order valence-electron chi connectivity index (χ4n) is 4.46. The van der Waals surface area contributed by atoms with E-state index in [0.717, 1.165) is 64.4 Å². The second-order valence-corrected chi connectivity index (χ2v) is 9.73. The number of nitrogens with zero attached hydrogens (tertiary/aromatic N) is 3. The lowest BCUT2D eigenvalue weighted by Gasteiger charge is -2.27. The highest BCUT2D eigenvalue weighted by Gasteiger charge is 2.25. The molecule has 2 aliphatic rings. The lowest BCUT2D eigenvalue weighted by Crippen LogP contribution is -2.36. The molecule has 0 radical (unpaired) electrons. The Kier molecular flexibility index (Phi) is 4.46. The van der Waals surface area contributed by atoms with Crippen LogP contribution < -0.4 is 5.32 Å². The lowest BCUT2D eigenvalue weighted by atomic mass is 9.93. The van der Waals surface area contributed by atoms with Crippen molar-refractivity contribution in [2.45, 2.75) is 63.0 Å².